The fraction of sp³-hybridized carbons (Fsp3) is 0.381. The van der Waals surface area contributed by atoms with Gasteiger partial charge < -0.3 is 14.0 Å². The molecule has 3 nitrogen and oxygen atoms in total. The van der Waals surface area contributed by atoms with Crippen LogP contribution in [-0.2, 0) is 23.7 Å². The first kappa shape index (κ1) is 90.2. The van der Waals surface area contributed by atoms with E-state index in [0.717, 1.165) is 61.3 Å². The highest BCUT2D eigenvalue weighted by molar-refractivity contribution is 6.20. The largest absolute Gasteiger partial charge is 0.311 e. The van der Waals surface area contributed by atoms with Crippen molar-refractivity contribution in [3.05, 3.63) is 317 Å². The molecule has 2 heterocycles. The van der Waals surface area contributed by atoms with Crippen LogP contribution in [-0.4, -0.2) is 9.13 Å². The number of anilines is 3. The first-order valence-electron chi connectivity index (χ1n) is 51.5. The van der Waals surface area contributed by atoms with Gasteiger partial charge in [-0.2, -0.15) is 0 Å². The normalized spacial score (nSPS) is 13.0. The molecule has 13 aromatic carbocycles. The second kappa shape index (κ2) is 42.9. The summed E-state index contributed by atoms with van der Waals surface area (Å²) in [5.41, 5.74) is 39.0. The lowest BCUT2D eigenvalue weighted by Crippen LogP contribution is -2.25. The zero-order valence-corrected chi connectivity index (χ0v) is 79.7. The quantitative estimate of drug-likeness (QED) is 0.0347. The third-order valence-electron chi connectivity index (χ3n) is 30.0. The summed E-state index contributed by atoms with van der Waals surface area (Å²) >= 11 is 0. The molecule has 0 amide bonds. The predicted molar refractivity (Wildman–Crippen MR) is 561 cm³/mol. The van der Waals surface area contributed by atoms with Gasteiger partial charge in [-0.05, 0) is 268 Å². The topological polar surface area (TPSA) is 13.1 Å². The summed E-state index contributed by atoms with van der Waals surface area (Å²) in [6.07, 6.45) is 47.4. The van der Waals surface area contributed by atoms with E-state index < -0.39 is 0 Å². The molecule has 129 heavy (non-hydrogen) atoms. The average Bonchev–Trinajstić information content (AvgIpc) is 1.53. The second-order valence-corrected chi connectivity index (χ2v) is 39.0. The van der Waals surface area contributed by atoms with Gasteiger partial charge in [-0.25, -0.2) is 0 Å². The molecule has 664 valence electrons. The zero-order chi connectivity index (χ0) is 88.5. The Kier molecular flexibility index (Phi) is 30.0. The molecule has 0 fully saturated rings. The number of aryl methyl sites for hydroxylation is 4. The highest BCUT2D eigenvalue weighted by Gasteiger charge is 2.46. The summed E-state index contributed by atoms with van der Waals surface area (Å²) in [7, 11) is 0. The van der Waals surface area contributed by atoms with Crippen molar-refractivity contribution in [3.8, 4) is 78.1 Å². The Labute approximate surface area is 775 Å². The maximum absolute atomic E-state index is 2.83. The van der Waals surface area contributed by atoms with E-state index in [1.807, 2.05) is 0 Å². The minimum Gasteiger partial charge on any atom is -0.311 e. The monoisotopic (exact) mass is 1700 g/mol. The molecule has 3 heteroatoms. The number of benzene rings is 13. The molecule has 0 saturated heterocycles. The molecule has 0 aliphatic heterocycles. The van der Waals surface area contributed by atoms with Gasteiger partial charge in [-0.15, -0.1) is 0 Å². The molecule has 15 aromatic rings. The number of nitrogens with zero attached hydrogens (tertiary/aromatic N) is 3. The molecule has 0 spiro atoms. The van der Waals surface area contributed by atoms with Crippen LogP contribution >= 0.6 is 0 Å². The van der Waals surface area contributed by atoms with Crippen LogP contribution < -0.4 is 4.90 Å². The Bertz CT molecular complexity index is 6180. The summed E-state index contributed by atoms with van der Waals surface area (Å²) in [5, 5.41) is 5.53. The van der Waals surface area contributed by atoms with Crippen LogP contribution in [0.2, 0.25) is 0 Å². The highest BCUT2D eigenvalue weighted by atomic mass is 15.1. The van der Waals surface area contributed by atoms with E-state index in [-0.39, 0.29) is 10.8 Å². The maximum Gasteiger partial charge on any atom is 0.0547 e. The minimum atomic E-state index is -0.194. The lowest BCUT2D eigenvalue weighted by Gasteiger charge is -2.33. The summed E-state index contributed by atoms with van der Waals surface area (Å²) < 4.78 is 5.44. The van der Waals surface area contributed by atoms with Crippen molar-refractivity contribution in [1.82, 2.24) is 9.13 Å². The van der Waals surface area contributed by atoms with Crippen LogP contribution in [0.4, 0.5) is 17.1 Å². The number of hydrogen-bond acceptors (Lipinski definition) is 1. The third-order valence-corrected chi connectivity index (χ3v) is 30.0. The Morgan fingerprint density at radius 1 is 0.240 bits per heavy atom. The number of rotatable bonds is 47. The van der Waals surface area contributed by atoms with Crippen molar-refractivity contribution >= 4 is 60.7 Å². The molecule has 2 aliphatic carbocycles. The molecule has 0 N–H and O–H groups in total. The minimum absolute atomic E-state index is 0.0454. The molecule has 0 atom stereocenters. The Morgan fingerprint density at radius 3 is 1.05 bits per heavy atom. The predicted octanol–water partition coefficient (Wildman–Crippen LogP) is 38.4. The van der Waals surface area contributed by atoms with Crippen LogP contribution in [0.25, 0.3) is 122 Å². The first-order chi connectivity index (χ1) is 63.6. The van der Waals surface area contributed by atoms with Gasteiger partial charge in [0.15, 0.2) is 0 Å². The van der Waals surface area contributed by atoms with Gasteiger partial charge in [0.2, 0.25) is 0 Å². The van der Waals surface area contributed by atoms with Crippen molar-refractivity contribution in [1.29, 1.82) is 0 Å². The van der Waals surface area contributed by atoms with E-state index in [2.05, 4.69) is 342 Å². The van der Waals surface area contributed by atoms with E-state index in [1.54, 1.807) is 22.3 Å². The molecule has 0 unspecified atom stereocenters. The smallest absolute Gasteiger partial charge is 0.0547 e. The Hall–Kier alpha value is -10.7. The summed E-state index contributed by atoms with van der Waals surface area (Å²) in [6.45, 7) is 18.8. The van der Waals surface area contributed by atoms with Gasteiger partial charge in [-0.1, -0.05) is 415 Å². The van der Waals surface area contributed by atoms with Gasteiger partial charge in [0.25, 0.3) is 0 Å². The van der Waals surface area contributed by atoms with Crippen LogP contribution in [0, 0.1) is 13.8 Å². The Morgan fingerprint density at radius 2 is 0.589 bits per heavy atom. The standard InChI is InChI=1S/C126H145N3/c1-9-15-21-27-31-46-82-125(83-47-32-28-22-16-10-2)112-77-81-119-124(121(112)107-74-60-93(8)86-114(107)125)111-88-99(96-54-44-37-45-55-96)65-79-117(111)129(119)120-91-100(56-38-25-19-13-5)109(89-102(120)57-39-26-20-14-6)101-63-75-108-115(90-101)126(84-48-33-29-23-17-11-3,85-49-34-30-24-18-12-4)113-76-80-118-123(122(108)113)110-87-98(95-52-42-36-43-53-95)64-78-116(110)128(118)106-72-70-105(71-73-106)127(103-66-58-92(7)59-67-103)104-68-61-97(62-69-104)94-50-40-35-41-51-94/h35-37,40-45,50-55,58-81,86-91H,9-34,38-39,46-49,56-57,82-85H2,1-8H3. The van der Waals surface area contributed by atoms with E-state index in [9.17, 15) is 0 Å². The molecular weight excluding hydrogens is 1560 g/mol. The third kappa shape index (κ3) is 19.1. The van der Waals surface area contributed by atoms with E-state index in [1.165, 1.54) is 344 Å². The van der Waals surface area contributed by atoms with Crippen molar-refractivity contribution in [3.63, 3.8) is 0 Å². The van der Waals surface area contributed by atoms with Crippen molar-refractivity contribution in [2.75, 3.05) is 4.90 Å². The lowest BCUT2D eigenvalue weighted by atomic mass is 9.70. The fourth-order valence-corrected chi connectivity index (χ4v) is 23.2. The SMILES string of the molecule is CCCCCCCCC1(CCCCCCCC)c2cc(-c3cc(CCCCCC)c(-n4c5ccc(-c6ccccc6)cc5c5c6c(ccc54)C(CCCCCCCC)(CCCCCCCC)c4cc(C)ccc4-6)cc3CCCCCC)ccc2-c2c1ccc1c2c2cc(-c3ccccc3)ccc2n1-c1ccc(N(c2ccc(C)cc2)c2ccc(-c3ccccc3)cc2)cc1. The molecule has 2 aliphatic rings. The number of fused-ring (bicyclic) bond motifs is 14. The lowest BCUT2D eigenvalue weighted by molar-refractivity contribution is 0.398. The molecule has 0 saturated carbocycles. The van der Waals surface area contributed by atoms with E-state index >= 15 is 0 Å². The highest BCUT2D eigenvalue weighted by Crippen LogP contribution is 2.61. The molecular formula is C126H145N3. The molecule has 0 radical (unpaired) electrons. The molecule has 17 rings (SSSR count). The summed E-state index contributed by atoms with van der Waals surface area (Å²) in [6, 6.07) is 108. The molecule has 0 bridgehead atoms. The van der Waals surface area contributed by atoms with Crippen LogP contribution in [0.5, 0.6) is 0 Å². The Balaban J connectivity index is 0.872. The van der Waals surface area contributed by atoms with Crippen LogP contribution in [0.3, 0.4) is 0 Å². The zero-order valence-electron chi connectivity index (χ0n) is 79.7. The van der Waals surface area contributed by atoms with Gasteiger partial charge in [0.05, 0.1) is 22.1 Å². The van der Waals surface area contributed by atoms with Gasteiger partial charge >= 0.3 is 0 Å². The molecule has 2 aromatic heterocycles. The van der Waals surface area contributed by atoms with Crippen LogP contribution in [0.1, 0.15) is 317 Å². The van der Waals surface area contributed by atoms with E-state index in [4.69, 9.17) is 0 Å². The van der Waals surface area contributed by atoms with Crippen LogP contribution in [0.15, 0.2) is 273 Å². The van der Waals surface area contributed by atoms with Gasteiger partial charge in [-0.3, -0.25) is 0 Å². The van der Waals surface area contributed by atoms with Crippen molar-refractivity contribution in [2.24, 2.45) is 0 Å². The summed E-state index contributed by atoms with van der Waals surface area (Å²) in [4.78, 5) is 2.42. The first-order valence-corrected chi connectivity index (χ1v) is 51.5. The second-order valence-electron chi connectivity index (χ2n) is 39.0. The summed E-state index contributed by atoms with van der Waals surface area (Å²) in [5.74, 6) is 0. The number of aromatic nitrogens is 2. The fourth-order valence-electron chi connectivity index (χ4n) is 23.2. The van der Waals surface area contributed by atoms with Crippen molar-refractivity contribution in [2.45, 2.75) is 310 Å². The van der Waals surface area contributed by atoms with E-state index in [0.29, 0.717) is 0 Å². The number of hydrogen-bond donors (Lipinski definition) is 0. The maximum atomic E-state index is 2.83. The van der Waals surface area contributed by atoms with Gasteiger partial charge in [0.1, 0.15) is 0 Å². The van der Waals surface area contributed by atoms with Crippen molar-refractivity contribution < 1.29 is 0 Å². The van der Waals surface area contributed by atoms with Gasteiger partial charge in [0, 0.05) is 60.8 Å². The number of unbranched alkanes of at least 4 members (excludes halogenated alkanes) is 26. The average molecular weight is 1700 g/mol.